The number of rotatable bonds is 4. The maximum absolute atomic E-state index is 5.72. The van der Waals surface area contributed by atoms with Crippen molar-refractivity contribution in [1.29, 1.82) is 0 Å². The Morgan fingerprint density at radius 1 is 1.35 bits per heavy atom. The molecule has 0 aromatic heterocycles. The van der Waals surface area contributed by atoms with Crippen LogP contribution in [0.2, 0.25) is 0 Å². The van der Waals surface area contributed by atoms with Crippen molar-refractivity contribution in [1.82, 2.24) is 10.6 Å². The topological polar surface area (TPSA) is 54.9 Å². The highest BCUT2D eigenvalue weighted by Crippen LogP contribution is 2.31. The lowest BCUT2D eigenvalue weighted by molar-refractivity contribution is -0.0945. The summed E-state index contributed by atoms with van der Waals surface area (Å²) in [6.45, 7) is 8.28. The second-order valence-electron chi connectivity index (χ2n) is 6.37. The molecule has 0 spiro atoms. The minimum absolute atomic E-state index is 0. The van der Waals surface area contributed by atoms with E-state index in [0.717, 1.165) is 51.0 Å². The van der Waals surface area contributed by atoms with Gasteiger partial charge in [0.25, 0.3) is 0 Å². The molecule has 1 aromatic carbocycles. The van der Waals surface area contributed by atoms with Gasteiger partial charge in [0, 0.05) is 23.9 Å². The number of aliphatic imine (C=N–C) groups is 1. The van der Waals surface area contributed by atoms with E-state index in [2.05, 4.69) is 36.6 Å². The van der Waals surface area contributed by atoms with E-state index in [-0.39, 0.29) is 35.4 Å². The number of para-hydroxylation sites is 1. The van der Waals surface area contributed by atoms with Crippen molar-refractivity contribution in [2.24, 2.45) is 10.4 Å². The first-order valence-electron chi connectivity index (χ1n) is 8.04. The van der Waals surface area contributed by atoms with Gasteiger partial charge in [0.2, 0.25) is 0 Å². The number of hydrogen-bond donors (Lipinski definition) is 2. The molecular formula is C17H26IN3O2. The molecule has 0 aliphatic carbocycles. The summed E-state index contributed by atoms with van der Waals surface area (Å²) in [5, 5.41) is 6.89. The van der Waals surface area contributed by atoms with E-state index in [1.807, 2.05) is 12.1 Å². The van der Waals surface area contributed by atoms with E-state index < -0.39 is 0 Å². The van der Waals surface area contributed by atoms with E-state index in [1.165, 1.54) is 5.56 Å². The van der Waals surface area contributed by atoms with Gasteiger partial charge < -0.3 is 20.1 Å². The molecule has 23 heavy (non-hydrogen) atoms. The average molecular weight is 431 g/mol. The Morgan fingerprint density at radius 2 is 2.13 bits per heavy atom. The fourth-order valence-electron chi connectivity index (χ4n) is 2.79. The number of fused-ring (bicyclic) bond motifs is 1. The first-order chi connectivity index (χ1) is 10.7. The molecule has 1 saturated heterocycles. The van der Waals surface area contributed by atoms with Crippen LogP contribution in [0, 0.1) is 5.41 Å². The summed E-state index contributed by atoms with van der Waals surface area (Å²) in [6.07, 6.45) is 0.946. The van der Waals surface area contributed by atoms with Gasteiger partial charge in [-0.2, -0.15) is 0 Å². The van der Waals surface area contributed by atoms with E-state index >= 15 is 0 Å². The fraction of sp³-hybridized carbons (Fsp3) is 0.588. The molecule has 3 rings (SSSR count). The molecule has 1 atom stereocenters. The molecule has 1 fully saturated rings. The molecule has 0 bridgehead atoms. The monoisotopic (exact) mass is 431 g/mol. The quantitative estimate of drug-likeness (QED) is 0.438. The molecule has 0 radical (unpaired) electrons. The van der Waals surface area contributed by atoms with Gasteiger partial charge in [0.05, 0.1) is 32.4 Å². The van der Waals surface area contributed by atoms with Crippen LogP contribution in [0.3, 0.4) is 0 Å². The van der Waals surface area contributed by atoms with Crippen LogP contribution in [0.15, 0.2) is 29.3 Å². The molecule has 128 valence electrons. The predicted molar refractivity (Wildman–Crippen MR) is 103 cm³/mol. The van der Waals surface area contributed by atoms with Gasteiger partial charge in [-0.05, 0) is 13.0 Å². The van der Waals surface area contributed by atoms with Gasteiger partial charge in [-0.15, -0.1) is 24.0 Å². The zero-order chi connectivity index (χ0) is 15.4. The van der Waals surface area contributed by atoms with Gasteiger partial charge in [-0.1, -0.05) is 25.1 Å². The van der Waals surface area contributed by atoms with Crippen molar-refractivity contribution >= 4 is 29.9 Å². The van der Waals surface area contributed by atoms with Crippen LogP contribution in [0.5, 0.6) is 5.75 Å². The first kappa shape index (κ1) is 18.3. The second-order valence-corrected chi connectivity index (χ2v) is 6.37. The summed E-state index contributed by atoms with van der Waals surface area (Å²) >= 11 is 0. The number of guanidine groups is 1. The van der Waals surface area contributed by atoms with Crippen LogP contribution < -0.4 is 15.4 Å². The summed E-state index contributed by atoms with van der Waals surface area (Å²) in [5.74, 6) is 1.85. The third kappa shape index (κ3) is 4.50. The van der Waals surface area contributed by atoms with Crippen molar-refractivity contribution in [2.45, 2.75) is 26.3 Å². The Labute approximate surface area is 155 Å². The zero-order valence-electron chi connectivity index (χ0n) is 13.8. The van der Waals surface area contributed by atoms with Gasteiger partial charge in [-0.25, -0.2) is 0 Å². The Morgan fingerprint density at radius 3 is 2.83 bits per heavy atom. The summed E-state index contributed by atoms with van der Waals surface area (Å²) in [6, 6.07) is 8.46. The van der Waals surface area contributed by atoms with Crippen molar-refractivity contribution in [2.75, 3.05) is 32.9 Å². The van der Waals surface area contributed by atoms with Crippen molar-refractivity contribution < 1.29 is 9.47 Å². The summed E-state index contributed by atoms with van der Waals surface area (Å²) in [5.41, 5.74) is 1.40. The summed E-state index contributed by atoms with van der Waals surface area (Å²) in [4.78, 5) is 4.75. The van der Waals surface area contributed by atoms with Crippen molar-refractivity contribution in [3.8, 4) is 5.75 Å². The van der Waals surface area contributed by atoms with Crippen molar-refractivity contribution in [3.05, 3.63) is 29.8 Å². The number of nitrogens with zero attached hydrogens (tertiary/aromatic N) is 1. The summed E-state index contributed by atoms with van der Waals surface area (Å²) in [7, 11) is 0. The highest BCUT2D eigenvalue weighted by Gasteiger charge is 2.33. The van der Waals surface area contributed by atoms with Crippen LogP contribution in [0.25, 0.3) is 0 Å². The predicted octanol–water partition coefficient (Wildman–Crippen LogP) is 2.72. The number of hydrogen-bond acceptors (Lipinski definition) is 3. The van der Waals surface area contributed by atoms with Gasteiger partial charge in [0.1, 0.15) is 5.75 Å². The molecule has 1 aromatic rings. The molecule has 5 nitrogen and oxygen atoms in total. The lowest BCUT2D eigenvalue weighted by atomic mass is 9.89. The van der Waals surface area contributed by atoms with E-state index in [1.54, 1.807) is 0 Å². The number of ether oxygens (including phenoxy) is 2. The number of halogens is 1. The second kappa shape index (κ2) is 8.19. The minimum Gasteiger partial charge on any atom is -0.493 e. The Kier molecular flexibility index (Phi) is 6.52. The molecule has 2 heterocycles. The molecule has 2 aliphatic rings. The van der Waals surface area contributed by atoms with Crippen LogP contribution in [-0.4, -0.2) is 38.9 Å². The van der Waals surface area contributed by atoms with Gasteiger partial charge in [0.15, 0.2) is 5.96 Å². The highest BCUT2D eigenvalue weighted by molar-refractivity contribution is 14.0. The molecule has 0 amide bonds. The molecule has 0 saturated carbocycles. The minimum atomic E-state index is 0. The van der Waals surface area contributed by atoms with Crippen molar-refractivity contribution in [3.63, 3.8) is 0 Å². The van der Waals surface area contributed by atoms with Gasteiger partial charge >= 0.3 is 0 Å². The fourth-order valence-corrected chi connectivity index (χ4v) is 2.79. The Balaban J connectivity index is 0.00000192. The SMILES string of the molecule is CCNC(=NCC1(C)COC1)NC1CCOc2ccccc21.I. The molecule has 1 unspecified atom stereocenters. The van der Waals surface area contributed by atoms with Crippen LogP contribution >= 0.6 is 24.0 Å². The van der Waals surface area contributed by atoms with E-state index in [4.69, 9.17) is 14.5 Å². The molecule has 2 N–H and O–H groups in total. The highest BCUT2D eigenvalue weighted by atomic mass is 127. The third-order valence-corrected chi connectivity index (χ3v) is 4.13. The standard InChI is InChI=1S/C17H25N3O2.HI/c1-3-18-16(19-10-17(2)11-21-12-17)20-14-8-9-22-15-7-5-4-6-13(14)15;/h4-7,14H,3,8-12H2,1-2H3,(H2,18,19,20);1H. The maximum atomic E-state index is 5.72. The Hall–Kier alpha value is -1.02. The molecular weight excluding hydrogens is 405 g/mol. The lowest BCUT2D eigenvalue weighted by Gasteiger charge is -2.37. The van der Waals surface area contributed by atoms with E-state index in [9.17, 15) is 0 Å². The smallest absolute Gasteiger partial charge is 0.191 e. The number of benzene rings is 1. The number of nitrogens with one attached hydrogen (secondary N) is 2. The van der Waals surface area contributed by atoms with Gasteiger partial charge in [-0.3, -0.25) is 4.99 Å². The summed E-state index contributed by atoms with van der Waals surface area (Å²) < 4.78 is 11.0. The van der Waals surface area contributed by atoms with Crippen LogP contribution in [-0.2, 0) is 4.74 Å². The Bertz CT molecular complexity index is 546. The maximum Gasteiger partial charge on any atom is 0.191 e. The molecule has 2 aliphatic heterocycles. The lowest BCUT2D eigenvalue weighted by Crippen LogP contribution is -2.45. The third-order valence-electron chi connectivity index (χ3n) is 4.13. The largest absolute Gasteiger partial charge is 0.493 e. The van der Waals surface area contributed by atoms with Crippen LogP contribution in [0.4, 0.5) is 0 Å². The first-order valence-corrected chi connectivity index (χ1v) is 8.04. The van der Waals surface area contributed by atoms with E-state index in [0.29, 0.717) is 0 Å². The van der Waals surface area contributed by atoms with Crippen LogP contribution in [0.1, 0.15) is 31.9 Å². The normalized spacial score (nSPS) is 22.0. The zero-order valence-corrected chi connectivity index (χ0v) is 16.1. The molecule has 6 heteroatoms. The average Bonchev–Trinajstić information content (AvgIpc) is 2.51.